The molecule has 2 N–H and O–H groups in total. The number of benzene rings is 2. The van der Waals surface area contributed by atoms with E-state index in [9.17, 15) is 4.79 Å². The molecule has 1 amide bonds. The maximum absolute atomic E-state index is 12.6. The van der Waals surface area contributed by atoms with E-state index in [1.165, 1.54) is 0 Å². The summed E-state index contributed by atoms with van der Waals surface area (Å²) in [6.45, 7) is 4.77. The first kappa shape index (κ1) is 17.6. The van der Waals surface area contributed by atoms with E-state index in [0.29, 0.717) is 11.5 Å². The van der Waals surface area contributed by atoms with Crippen molar-refractivity contribution in [3.05, 3.63) is 59.8 Å². The molecule has 0 unspecified atom stereocenters. The highest BCUT2D eigenvalue weighted by Gasteiger charge is 2.15. The van der Waals surface area contributed by atoms with Crippen molar-refractivity contribution in [2.45, 2.75) is 19.8 Å². The summed E-state index contributed by atoms with van der Waals surface area (Å²) in [5.74, 6) is 0.532. The molecule has 5 heteroatoms. The largest absolute Gasteiger partial charge is 0.352 e. The molecular formula is C22H24N4O. The zero-order valence-electron chi connectivity index (χ0n) is 15.5. The van der Waals surface area contributed by atoms with Gasteiger partial charge in [-0.05, 0) is 50.9 Å². The second-order valence-corrected chi connectivity index (χ2v) is 7.16. The second-order valence-electron chi connectivity index (χ2n) is 7.16. The SMILES string of the molecule is Cc1nnc(-c2cccc(C(=O)NCC3CCNCC3)c2)c2ccccc12. The zero-order chi connectivity index (χ0) is 18.6. The van der Waals surface area contributed by atoms with Gasteiger partial charge in [0.1, 0.15) is 5.69 Å². The van der Waals surface area contributed by atoms with Gasteiger partial charge in [0.15, 0.2) is 0 Å². The molecule has 0 aliphatic carbocycles. The first-order chi connectivity index (χ1) is 13.2. The van der Waals surface area contributed by atoms with Crippen LogP contribution in [0.15, 0.2) is 48.5 Å². The summed E-state index contributed by atoms with van der Waals surface area (Å²) in [4.78, 5) is 12.6. The first-order valence-electron chi connectivity index (χ1n) is 9.54. The number of hydrogen-bond acceptors (Lipinski definition) is 4. The fourth-order valence-electron chi connectivity index (χ4n) is 3.68. The molecule has 1 aromatic heterocycles. The van der Waals surface area contributed by atoms with Crippen LogP contribution >= 0.6 is 0 Å². The van der Waals surface area contributed by atoms with Gasteiger partial charge in [0.2, 0.25) is 0 Å². The number of fused-ring (bicyclic) bond motifs is 1. The van der Waals surface area contributed by atoms with Crippen molar-refractivity contribution in [2.24, 2.45) is 5.92 Å². The number of aromatic nitrogens is 2. The summed E-state index contributed by atoms with van der Waals surface area (Å²) in [5.41, 5.74) is 3.29. The Morgan fingerprint density at radius 2 is 1.85 bits per heavy atom. The summed E-state index contributed by atoms with van der Waals surface area (Å²) < 4.78 is 0. The van der Waals surface area contributed by atoms with Crippen LogP contribution in [-0.2, 0) is 0 Å². The van der Waals surface area contributed by atoms with Crippen LogP contribution in [0.4, 0.5) is 0 Å². The molecule has 0 radical (unpaired) electrons. The van der Waals surface area contributed by atoms with Gasteiger partial charge in [-0.1, -0.05) is 36.4 Å². The van der Waals surface area contributed by atoms with Crippen molar-refractivity contribution < 1.29 is 4.79 Å². The van der Waals surface area contributed by atoms with Crippen LogP contribution in [0, 0.1) is 12.8 Å². The molecule has 27 heavy (non-hydrogen) atoms. The highest BCUT2D eigenvalue weighted by atomic mass is 16.1. The molecular weight excluding hydrogens is 336 g/mol. The number of piperidine rings is 1. The summed E-state index contributed by atoms with van der Waals surface area (Å²) in [6.07, 6.45) is 2.23. The summed E-state index contributed by atoms with van der Waals surface area (Å²) in [5, 5.41) is 17.3. The van der Waals surface area contributed by atoms with Crippen molar-refractivity contribution in [3.8, 4) is 11.3 Å². The lowest BCUT2D eigenvalue weighted by Gasteiger charge is -2.22. The standard InChI is InChI=1S/C22H24N4O/c1-15-19-7-2-3-8-20(19)21(26-25-15)17-5-4-6-18(13-17)22(27)24-14-16-9-11-23-12-10-16/h2-8,13,16,23H,9-12,14H2,1H3,(H,24,27). The molecule has 4 rings (SSSR count). The lowest BCUT2D eigenvalue weighted by Crippen LogP contribution is -2.35. The van der Waals surface area contributed by atoms with Gasteiger partial charge in [0.05, 0.1) is 5.69 Å². The smallest absolute Gasteiger partial charge is 0.251 e. The molecule has 2 aromatic carbocycles. The number of hydrogen-bond donors (Lipinski definition) is 2. The Bertz CT molecular complexity index is 963. The topological polar surface area (TPSA) is 66.9 Å². The van der Waals surface area contributed by atoms with Gasteiger partial charge in [0, 0.05) is 28.4 Å². The lowest BCUT2D eigenvalue weighted by atomic mass is 9.98. The monoisotopic (exact) mass is 360 g/mol. The third kappa shape index (κ3) is 3.83. The molecule has 5 nitrogen and oxygen atoms in total. The molecule has 2 heterocycles. The fourth-order valence-corrected chi connectivity index (χ4v) is 3.68. The number of nitrogens with one attached hydrogen (secondary N) is 2. The number of carbonyl (C=O) groups excluding carboxylic acids is 1. The minimum Gasteiger partial charge on any atom is -0.352 e. The average Bonchev–Trinajstić information content (AvgIpc) is 2.73. The molecule has 1 aliphatic rings. The van der Waals surface area contributed by atoms with Gasteiger partial charge in [-0.2, -0.15) is 5.10 Å². The number of carbonyl (C=O) groups is 1. The lowest BCUT2D eigenvalue weighted by molar-refractivity contribution is 0.0944. The third-order valence-electron chi connectivity index (χ3n) is 5.28. The first-order valence-corrected chi connectivity index (χ1v) is 9.54. The van der Waals surface area contributed by atoms with Crippen molar-refractivity contribution >= 4 is 16.7 Å². The van der Waals surface area contributed by atoms with Gasteiger partial charge < -0.3 is 10.6 Å². The van der Waals surface area contributed by atoms with E-state index in [0.717, 1.165) is 60.2 Å². The predicted molar refractivity (Wildman–Crippen MR) is 108 cm³/mol. The van der Waals surface area contributed by atoms with Crippen LogP contribution in [-0.4, -0.2) is 35.7 Å². The Kier molecular flexibility index (Phi) is 5.12. The van der Waals surface area contributed by atoms with Crippen LogP contribution in [0.1, 0.15) is 28.9 Å². The highest BCUT2D eigenvalue weighted by Crippen LogP contribution is 2.27. The van der Waals surface area contributed by atoms with Gasteiger partial charge in [-0.25, -0.2) is 0 Å². The normalized spacial score (nSPS) is 15.0. The third-order valence-corrected chi connectivity index (χ3v) is 5.28. The molecule has 1 aliphatic heterocycles. The van der Waals surface area contributed by atoms with E-state index in [2.05, 4.69) is 33.0 Å². The maximum Gasteiger partial charge on any atom is 0.251 e. The van der Waals surface area contributed by atoms with E-state index >= 15 is 0 Å². The molecule has 0 spiro atoms. The van der Waals surface area contributed by atoms with E-state index in [-0.39, 0.29) is 5.91 Å². The molecule has 3 aromatic rings. The van der Waals surface area contributed by atoms with Gasteiger partial charge in [-0.3, -0.25) is 4.79 Å². The van der Waals surface area contributed by atoms with Crippen LogP contribution in [0.3, 0.4) is 0 Å². The molecule has 0 bridgehead atoms. The Balaban J connectivity index is 1.58. The van der Waals surface area contributed by atoms with Gasteiger partial charge >= 0.3 is 0 Å². The van der Waals surface area contributed by atoms with E-state index in [1.807, 2.05) is 43.3 Å². The molecule has 1 saturated heterocycles. The fraction of sp³-hybridized carbons (Fsp3) is 0.318. The Hall–Kier alpha value is -2.79. The molecule has 1 fully saturated rings. The maximum atomic E-state index is 12.6. The van der Waals surface area contributed by atoms with E-state index < -0.39 is 0 Å². The van der Waals surface area contributed by atoms with Crippen LogP contribution in [0.2, 0.25) is 0 Å². The molecule has 138 valence electrons. The van der Waals surface area contributed by atoms with Crippen LogP contribution in [0.25, 0.3) is 22.0 Å². The van der Waals surface area contributed by atoms with E-state index in [4.69, 9.17) is 0 Å². The Morgan fingerprint density at radius 1 is 1.07 bits per heavy atom. The van der Waals surface area contributed by atoms with Crippen molar-refractivity contribution in [1.29, 1.82) is 0 Å². The number of amides is 1. The quantitative estimate of drug-likeness (QED) is 0.749. The van der Waals surface area contributed by atoms with Crippen molar-refractivity contribution in [3.63, 3.8) is 0 Å². The predicted octanol–water partition coefficient (Wildman–Crippen LogP) is 3.33. The highest BCUT2D eigenvalue weighted by molar-refractivity contribution is 5.98. The van der Waals surface area contributed by atoms with E-state index in [1.54, 1.807) is 0 Å². The van der Waals surface area contributed by atoms with Crippen LogP contribution < -0.4 is 10.6 Å². The van der Waals surface area contributed by atoms with Gasteiger partial charge in [-0.15, -0.1) is 5.10 Å². The van der Waals surface area contributed by atoms with Crippen LogP contribution in [0.5, 0.6) is 0 Å². The summed E-state index contributed by atoms with van der Waals surface area (Å²) in [6, 6.07) is 15.8. The van der Waals surface area contributed by atoms with Crippen molar-refractivity contribution in [2.75, 3.05) is 19.6 Å². The van der Waals surface area contributed by atoms with Gasteiger partial charge in [0.25, 0.3) is 5.91 Å². The molecule has 0 atom stereocenters. The number of nitrogens with zero attached hydrogens (tertiary/aromatic N) is 2. The minimum atomic E-state index is -0.0280. The zero-order valence-corrected chi connectivity index (χ0v) is 15.5. The number of aryl methyl sites for hydroxylation is 1. The number of rotatable bonds is 4. The second kappa shape index (κ2) is 7.84. The molecule has 0 saturated carbocycles. The Morgan fingerprint density at radius 3 is 2.67 bits per heavy atom. The Labute approximate surface area is 159 Å². The summed E-state index contributed by atoms with van der Waals surface area (Å²) in [7, 11) is 0. The van der Waals surface area contributed by atoms with Crippen molar-refractivity contribution in [1.82, 2.24) is 20.8 Å². The summed E-state index contributed by atoms with van der Waals surface area (Å²) >= 11 is 0. The average molecular weight is 360 g/mol. The minimum absolute atomic E-state index is 0.0280.